The zero-order valence-electron chi connectivity index (χ0n) is 15.7. The first-order chi connectivity index (χ1) is 13.5. The molecule has 0 saturated heterocycles. The molecule has 3 aromatic rings. The van der Waals surface area contributed by atoms with Gasteiger partial charge in [0.1, 0.15) is 0 Å². The first-order valence-electron chi connectivity index (χ1n) is 8.78. The Labute approximate surface area is 163 Å². The van der Waals surface area contributed by atoms with E-state index in [1.807, 2.05) is 10.6 Å². The van der Waals surface area contributed by atoms with Gasteiger partial charge in [-0.2, -0.15) is 0 Å². The Bertz CT molecular complexity index is 1010. The molecule has 0 radical (unpaired) electrons. The minimum absolute atomic E-state index is 0.161. The summed E-state index contributed by atoms with van der Waals surface area (Å²) in [4.78, 5) is 31.4. The van der Waals surface area contributed by atoms with Gasteiger partial charge in [0.25, 0.3) is 0 Å². The fourth-order valence-electron chi connectivity index (χ4n) is 2.64. The molecular weight excluding hydrogens is 354 g/mol. The molecule has 0 saturated carbocycles. The van der Waals surface area contributed by atoms with E-state index >= 15 is 0 Å². The van der Waals surface area contributed by atoms with E-state index in [0.717, 1.165) is 0 Å². The van der Waals surface area contributed by atoms with Crippen molar-refractivity contribution in [1.82, 2.24) is 14.5 Å². The van der Waals surface area contributed by atoms with E-state index in [1.54, 1.807) is 30.7 Å². The van der Waals surface area contributed by atoms with Crippen molar-refractivity contribution in [3.63, 3.8) is 0 Å². The van der Waals surface area contributed by atoms with Crippen LogP contribution in [-0.2, 0) is 16.1 Å². The third-order valence-electron chi connectivity index (χ3n) is 3.84. The van der Waals surface area contributed by atoms with Crippen molar-refractivity contribution in [2.75, 3.05) is 10.6 Å². The molecule has 2 N–H and O–H groups in total. The third-order valence-corrected chi connectivity index (χ3v) is 3.84. The van der Waals surface area contributed by atoms with E-state index in [0.29, 0.717) is 23.7 Å². The SMILES string of the molecule is CC(=O)Nc1ccc(/C=C/C(=O)Nc2cn(Cc3cccc(C)c3)cn2)nc1. The second kappa shape index (κ2) is 8.77. The lowest BCUT2D eigenvalue weighted by Gasteiger charge is -2.03. The summed E-state index contributed by atoms with van der Waals surface area (Å²) in [7, 11) is 0. The van der Waals surface area contributed by atoms with Gasteiger partial charge in [0.15, 0.2) is 5.82 Å². The van der Waals surface area contributed by atoms with Gasteiger partial charge in [-0.3, -0.25) is 14.6 Å². The molecule has 0 spiro atoms. The number of rotatable bonds is 6. The van der Waals surface area contributed by atoms with E-state index in [1.165, 1.54) is 30.3 Å². The normalized spacial score (nSPS) is 10.8. The zero-order valence-corrected chi connectivity index (χ0v) is 15.7. The number of aromatic nitrogens is 3. The number of aryl methyl sites for hydroxylation is 1. The topological polar surface area (TPSA) is 88.9 Å². The van der Waals surface area contributed by atoms with Gasteiger partial charge in [0.05, 0.1) is 23.9 Å². The van der Waals surface area contributed by atoms with Crippen LogP contribution >= 0.6 is 0 Å². The molecule has 0 bridgehead atoms. The van der Waals surface area contributed by atoms with Crippen molar-refractivity contribution in [2.45, 2.75) is 20.4 Å². The number of carbonyl (C=O) groups excluding carboxylic acids is 2. The summed E-state index contributed by atoms with van der Waals surface area (Å²) in [6.07, 6.45) is 7.99. The number of nitrogens with one attached hydrogen (secondary N) is 2. The lowest BCUT2D eigenvalue weighted by molar-refractivity contribution is -0.114. The van der Waals surface area contributed by atoms with Gasteiger partial charge < -0.3 is 15.2 Å². The van der Waals surface area contributed by atoms with Gasteiger partial charge in [-0.15, -0.1) is 0 Å². The van der Waals surface area contributed by atoms with E-state index in [2.05, 4.69) is 45.7 Å². The maximum atomic E-state index is 12.1. The second-order valence-corrected chi connectivity index (χ2v) is 6.40. The molecule has 2 heterocycles. The van der Waals surface area contributed by atoms with Crippen LogP contribution in [0.15, 0.2) is 61.2 Å². The van der Waals surface area contributed by atoms with Crippen molar-refractivity contribution in [2.24, 2.45) is 0 Å². The summed E-state index contributed by atoms with van der Waals surface area (Å²) in [6, 6.07) is 11.7. The average molecular weight is 375 g/mol. The molecule has 0 aliphatic carbocycles. The largest absolute Gasteiger partial charge is 0.331 e. The van der Waals surface area contributed by atoms with Crippen molar-refractivity contribution in [1.29, 1.82) is 0 Å². The summed E-state index contributed by atoms with van der Waals surface area (Å²) in [5, 5.41) is 5.36. The molecule has 142 valence electrons. The van der Waals surface area contributed by atoms with Gasteiger partial charge in [0.2, 0.25) is 11.8 Å². The Morgan fingerprint density at radius 1 is 1.14 bits per heavy atom. The number of hydrogen-bond donors (Lipinski definition) is 2. The van der Waals surface area contributed by atoms with Crippen LogP contribution in [0.2, 0.25) is 0 Å². The third kappa shape index (κ3) is 5.63. The lowest BCUT2D eigenvalue weighted by Crippen LogP contribution is -2.08. The van der Waals surface area contributed by atoms with Crippen LogP contribution in [-0.4, -0.2) is 26.3 Å². The molecule has 0 unspecified atom stereocenters. The number of anilines is 2. The smallest absolute Gasteiger partial charge is 0.249 e. The minimum Gasteiger partial charge on any atom is -0.331 e. The molecule has 28 heavy (non-hydrogen) atoms. The first-order valence-corrected chi connectivity index (χ1v) is 8.78. The molecule has 0 atom stereocenters. The van der Waals surface area contributed by atoms with Crippen molar-refractivity contribution >= 4 is 29.4 Å². The zero-order chi connectivity index (χ0) is 19.9. The van der Waals surface area contributed by atoms with Crippen molar-refractivity contribution < 1.29 is 9.59 Å². The molecule has 7 nitrogen and oxygen atoms in total. The highest BCUT2D eigenvalue weighted by atomic mass is 16.2. The summed E-state index contributed by atoms with van der Waals surface area (Å²) in [6.45, 7) is 4.17. The maximum Gasteiger partial charge on any atom is 0.249 e. The molecule has 3 rings (SSSR count). The highest BCUT2D eigenvalue weighted by molar-refractivity contribution is 6.01. The fraction of sp³-hybridized carbons (Fsp3) is 0.143. The predicted molar refractivity (Wildman–Crippen MR) is 109 cm³/mol. The Kier molecular flexibility index (Phi) is 5.96. The highest BCUT2D eigenvalue weighted by Crippen LogP contribution is 2.10. The van der Waals surface area contributed by atoms with Crippen LogP contribution in [0.1, 0.15) is 23.7 Å². The van der Waals surface area contributed by atoms with Crippen LogP contribution in [0.25, 0.3) is 6.08 Å². The van der Waals surface area contributed by atoms with E-state index in [9.17, 15) is 9.59 Å². The lowest BCUT2D eigenvalue weighted by atomic mass is 10.1. The van der Waals surface area contributed by atoms with Gasteiger partial charge >= 0.3 is 0 Å². The summed E-state index contributed by atoms with van der Waals surface area (Å²) in [5.74, 6) is 0.0242. The molecule has 2 amide bonds. The molecular formula is C21H21N5O2. The van der Waals surface area contributed by atoms with Gasteiger partial charge in [-0.25, -0.2) is 4.98 Å². The monoisotopic (exact) mass is 375 g/mol. The second-order valence-electron chi connectivity index (χ2n) is 6.40. The molecule has 2 aromatic heterocycles. The highest BCUT2D eigenvalue weighted by Gasteiger charge is 2.03. The predicted octanol–water partition coefficient (Wildman–Crippen LogP) is 3.25. The van der Waals surface area contributed by atoms with Gasteiger partial charge in [-0.05, 0) is 30.7 Å². The Hall–Kier alpha value is -3.74. The van der Waals surface area contributed by atoms with Crippen LogP contribution in [0.3, 0.4) is 0 Å². The van der Waals surface area contributed by atoms with Crippen molar-refractivity contribution in [3.05, 3.63) is 78.0 Å². The quantitative estimate of drug-likeness (QED) is 0.647. The number of carbonyl (C=O) groups is 2. The number of amides is 2. The van der Waals surface area contributed by atoms with Crippen LogP contribution in [0.4, 0.5) is 11.5 Å². The van der Waals surface area contributed by atoms with E-state index in [4.69, 9.17) is 0 Å². The van der Waals surface area contributed by atoms with Crippen LogP contribution in [0.5, 0.6) is 0 Å². The summed E-state index contributed by atoms with van der Waals surface area (Å²) < 4.78 is 1.91. The fourth-order valence-corrected chi connectivity index (χ4v) is 2.64. The average Bonchev–Trinajstić information content (AvgIpc) is 3.07. The van der Waals surface area contributed by atoms with Crippen LogP contribution < -0.4 is 10.6 Å². The van der Waals surface area contributed by atoms with Gasteiger partial charge in [0, 0.05) is 25.7 Å². The molecule has 7 heteroatoms. The molecule has 0 aliphatic heterocycles. The summed E-state index contributed by atoms with van der Waals surface area (Å²) >= 11 is 0. The molecule has 0 aliphatic rings. The van der Waals surface area contributed by atoms with Crippen molar-refractivity contribution in [3.8, 4) is 0 Å². The summed E-state index contributed by atoms with van der Waals surface area (Å²) in [5.41, 5.74) is 3.58. The van der Waals surface area contributed by atoms with Crippen LogP contribution in [0, 0.1) is 6.92 Å². The standard InChI is InChI=1S/C21H21N5O2/c1-15-4-3-5-17(10-15)12-26-13-20(23-14-26)25-21(28)9-8-18-6-7-19(11-22-18)24-16(2)27/h3-11,13-14H,12H2,1-2H3,(H,24,27)(H,25,28)/b9-8+. The number of hydrogen-bond acceptors (Lipinski definition) is 4. The first kappa shape index (κ1) is 19.0. The Balaban J connectivity index is 1.55. The Morgan fingerprint density at radius 2 is 2.00 bits per heavy atom. The van der Waals surface area contributed by atoms with E-state index in [-0.39, 0.29) is 11.8 Å². The van der Waals surface area contributed by atoms with Gasteiger partial charge in [-0.1, -0.05) is 29.8 Å². The Morgan fingerprint density at radius 3 is 2.71 bits per heavy atom. The number of pyridine rings is 1. The molecule has 0 fully saturated rings. The number of nitrogens with zero attached hydrogens (tertiary/aromatic N) is 3. The number of benzene rings is 1. The maximum absolute atomic E-state index is 12.1. The molecule has 1 aromatic carbocycles. The minimum atomic E-state index is -0.298. The number of imidazole rings is 1. The van der Waals surface area contributed by atoms with E-state index < -0.39 is 0 Å².